The molecule has 0 amide bonds. The van der Waals surface area contributed by atoms with Gasteiger partial charge in [-0.3, -0.25) is 4.79 Å². The van der Waals surface area contributed by atoms with Crippen molar-refractivity contribution in [1.29, 1.82) is 0 Å². The Morgan fingerprint density at radius 1 is 1.47 bits per heavy atom. The minimum atomic E-state index is 0.142. The van der Waals surface area contributed by atoms with E-state index in [4.69, 9.17) is 5.73 Å². The monoisotopic (exact) mass is 221 g/mol. The van der Waals surface area contributed by atoms with Crippen LogP contribution in [0.1, 0.15) is 18.1 Å². The summed E-state index contributed by atoms with van der Waals surface area (Å²) in [6.07, 6.45) is 3.96. The van der Waals surface area contributed by atoms with Crippen LogP contribution in [-0.4, -0.2) is 10.9 Å². The highest BCUT2D eigenvalue weighted by molar-refractivity contribution is 8.13. The first-order chi connectivity index (χ1) is 7.08. The van der Waals surface area contributed by atoms with Crippen molar-refractivity contribution in [1.82, 2.24) is 0 Å². The molecule has 0 unspecified atom stereocenters. The van der Waals surface area contributed by atoms with Gasteiger partial charge >= 0.3 is 0 Å². The van der Waals surface area contributed by atoms with Gasteiger partial charge in [0.15, 0.2) is 5.12 Å². The first-order valence-corrected chi connectivity index (χ1v) is 5.73. The van der Waals surface area contributed by atoms with E-state index in [-0.39, 0.29) is 5.12 Å². The van der Waals surface area contributed by atoms with Crippen molar-refractivity contribution in [3.63, 3.8) is 0 Å². The summed E-state index contributed by atoms with van der Waals surface area (Å²) in [6.45, 7) is 3.58. The summed E-state index contributed by atoms with van der Waals surface area (Å²) >= 11 is 1.30. The van der Waals surface area contributed by atoms with Crippen molar-refractivity contribution in [3.8, 4) is 0 Å². The number of aryl methyl sites for hydroxylation is 1. The Hall–Kier alpha value is -1.22. The molecule has 2 N–H and O–H groups in total. The van der Waals surface area contributed by atoms with Crippen LogP contribution in [0.3, 0.4) is 0 Å². The fourth-order valence-corrected chi connectivity index (χ4v) is 1.72. The van der Waals surface area contributed by atoms with Gasteiger partial charge in [0.25, 0.3) is 0 Å². The van der Waals surface area contributed by atoms with Crippen molar-refractivity contribution >= 4 is 28.6 Å². The molecule has 80 valence electrons. The van der Waals surface area contributed by atoms with Crippen LogP contribution in [0, 0.1) is 6.92 Å². The van der Waals surface area contributed by atoms with Gasteiger partial charge in [-0.1, -0.05) is 30.0 Å². The lowest BCUT2D eigenvalue weighted by Gasteiger charge is -1.99. The van der Waals surface area contributed by atoms with E-state index in [2.05, 4.69) is 6.07 Å². The highest BCUT2D eigenvalue weighted by Gasteiger charge is 1.93. The lowest BCUT2D eigenvalue weighted by Crippen LogP contribution is -1.87. The van der Waals surface area contributed by atoms with Gasteiger partial charge in [-0.15, -0.1) is 0 Å². The maximum absolute atomic E-state index is 10.7. The number of benzene rings is 1. The second kappa shape index (κ2) is 5.61. The second-order valence-corrected chi connectivity index (χ2v) is 4.58. The van der Waals surface area contributed by atoms with Gasteiger partial charge in [0.05, 0.1) is 0 Å². The van der Waals surface area contributed by atoms with Crippen LogP contribution in [0.25, 0.3) is 6.08 Å². The van der Waals surface area contributed by atoms with Gasteiger partial charge in [0.1, 0.15) is 0 Å². The number of nitrogen functional groups attached to an aromatic ring is 1. The Labute approximate surface area is 94.6 Å². The molecule has 0 aliphatic carbocycles. The number of hydrogen-bond donors (Lipinski definition) is 1. The first kappa shape index (κ1) is 11.9. The SMILES string of the molecule is CC(=O)SCC=Cc1cc(C)cc(N)c1. The quantitative estimate of drug-likeness (QED) is 0.798. The maximum Gasteiger partial charge on any atom is 0.186 e. The fraction of sp³-hybridized carbons (Fsp3) is 0.250. The van der Waals surface area contributed by atoms with Crippen LogP contribution >= 0.6 is 11.8 Å². The Balaban J connectivity index is 2.60. The van der Waals surface area contributed by atoms with Gasteiger partial charge < -0.3 is 5.73 Å². The van der Waals surface area contributed by atoms with Crippen LogP contribution in [0.4, 0.5) is 5.69 Å². The molecule has 2 nitrogen and oxygen atoms in total. The topological polar surface area (TPSA) is 43.1 Å². The third kappa shape index (κ3) is 4.70. The van der Waals surface area contributed by atoms with E-state index in [0.717, 1.165) is 16.8 Å². The van der Waals surface area contributed by atoms with Crippen LogP contribution in [0.15, 0.2) is 24.3 Å². The number of thioether (sulfide) groups is 1. The van der Waals surface area contributed by atoms with Gasteiger partial charge in [0.2, 0.25) is 0 Å². The molecule has 0 saturated carbocycles. The fourth-order valence-electron chi connectivity index (χ4n) is 1.29. The molecule has 0 radical (unpaired) electrons. The Kier molecular flexibility index (Phi) is 4.43. The lowest BCUT2D eigenvalue weighted by atomic mass is 10.1. The lowest BCUT2D eigenvalue weighted by molar-refractivity contribution is -0.109. The Morgan fingerprint density at radius 2 is 2.20 bits per heavy atom. The molecule has 1 aromatic carbocycles. The molecule has 3 heteroatoms. The summed E-state index contributed by atoms with van der Waals surface area (Å²) in [4.78, 5) is 10.7. The molecule has 0 heterocycles. The van der Waals surface area contributed by atoms with E-state index < -0.39 is 0 Å². The van der Waals surface area contributed by atoms with E-state index in [9.17, 15) is 4.79 Å². The molecule has 0 aliphatic heterocycles. The average Bonchev–Trinajstić information content (AvgIpc) is 2.10. The van der Waals surface area contributed by atoms with E-state index in [1.165, 1.54) is 11.8 Å². The highest BCUT2D eigenvalue weighted by atomic mass is 32.2. The van der Waals surface area contributed by atoms with Crippen molar-refractivity contribution in [3.05, 3.63) is 35.4 Å². The third-order valence-electron chi connectivity index (χ3n) is 1.82. The largest absolute Gasteiger partial charge is 0.399 e. The summed E-state index contributed by atoms with van der Waals surface area (Å²) in [5.74, 6) is 0.711. The Bertz CT molecular complexity index is 365. The van der Waals surface area contributed by atoms with Crippen LogP contribution in [0.5, 0.6) is 0 Å². The zero-order valence-electron chi connectivity index (χ0n) is 8.99. The molecule has 0 aliphatic rings. The number of anilines is 1. The zero-order valence-corrected chi connectivity index (χ0v) is 9.80. The number of rotatable bonds is 3. The van der Waals surface area contributed by atoms with E-state index >= 15 is 0 Å². The average molecular weight is 221 g/mol. The molecular weight excluding hydrogens is 206 g/mol. The predicted molar refractivity (Wildman–Crippen MR) is 67.8 cm³/mol. The van der Waals surface area contributed by atoms with Crippen LogP contribution in [0.2, 0.25) is 0 Å². The molecule has 0 aromatic heterocycles. The van der Waals surface area contributed by atoms with Crippen molar-refractivity contribution in [2.75, 3.05) is 11.5 Å². The van der Waals surface area contributed by atoms with Crippen LogP contribution < -0.4 is 5.73 Å². The standard InChI is InChI=1S/C12H15NOS/c1-9-6-11(8-12(13)7-9)4-3-5-15-10(2)14/h3-4,6-8H,5,13H2,1-2H3. The van der Waals surface area contributed by atoms with E-state index in [1.807, 2.05) is 31.2 Å². The maximum atomic E-state index is 10.7. The van der Waals surface area contributed by atoms with Crippen molar-refractivity contribution < 1.29 is 4.79 Å². The van der Waals surface area contributed by atoms with Crippen LogP contribution in [-0.2, 0) is 4.79 Å². The van der Waals surface area contributed by atoms with Gasteiger partial charge in [-0.05, 0) is 30.2 Å². The van der Waals surface area contributed by atoms with Gasteiger partial charge in [0, 0.05) is 18.4 Å². The summed E-state index contributed by atoms with van der Waals surface area (Å²) in [5, 5.41) is 0.142. The predicted octanol–water partition coefficient (Wildman–Crippen LogP) is 2.87. The van der Waals surface area contributed by atoms with E-state index in [0.29, 0.717) is 5.75 Å². The number of hydrogen-bond acceptors (Lipinski definition) is 3. The molecule has 0 atom stereocenters. The highest BCUT2D eigenvalue weighted by Crippen LogP contribution is 2.13. The minimum absolute atomic E-state index is 0.142. The first-order valence-electron chi connectivity index (χ1n) is 4.75. The molecule has 0 spiro atoms. The third-order valence-corrected chi connectivity index (χ3v) is 2.58. The summed E-state index contributed by atoms with van der Waals surface area (Å²) < 4.78 is 0. The number of nitrogens with two attached hydrogens (primary N) is 1. The molecule has 15 heavy (non-hydrogen) atoms. The molecular formula is C12H15NOS. The smallest absolute Gasteiger partial charge is 0.186 e. The number of carbonyl (C=O) groups is 1. The zero-order chi connectivity index (χ0) is 11.3. The number of carbonyl (C=O) groups excluding carboxylic acids is 1. The second-order valence-electron chi connectivity index (χ2n) is 3.38. The Morgan fingerprint density at radius 3 is 2.80 bits per heavy atom. The molecule has 1 rings (SSSR count). The van der Waals surface area contributed by atoms with Crippen molar-refractivity contribution in [2.24, 2.45) is 0 Å². The molecule has 1 aromatic rings. The minimum Gasteiger partial charge on any atom is -0.399 e. The van der Waals surface area contributed by atoms with E-state index in [1.54, 1.807) is 6.92 Å². The molecule has 0 fully saturated rings. The molecule has 0 saturated heterocycles. The van der Waals surface area contributed by atoms with Crippen molar-refractivity contribution in [2.45, 2.75) is 13.8 Å². The normalized spacial score (nSPS) is 10.8. The summed E-state index contributed by atoms with van der Waals surface area (Å²) in [5.41, 5.74) is 8.72. The molecule has 0 bridgehead atoms. The summed E-state index contributed by atoms with van der Waals surface area (Å²) in [6, 6.07) is 5.91. The van der Waals surface area contributed by atoms with Gasteiger partial charge in [-0.2, -0.15) is 0 Å². The summed E-state index contributed by atoms with van der Waals surface area (Å²) in [7, 11) is 0. The van der Waals surface area contributed by atoms with Gasteiger partial charge in [-0.25, -0.2) is 0 Å².